The molecule has 0 atom stereocenters. The molecule has 168 valence electrons. The molecule has 2 rings (SSSR count). The van der Waals surface area contributed by atoms with E-state index < -0.39 is 5.97 Å². The molecule has 31 heavy (non-hydrogen) atoms. The van der Waals surface area contributed by atoms with Crippen molar-refractivity contribution >= 4 is 17.6 Å². The Kier molecular flexibility index (Phi) is 7.04. The molecule has 0 unspecified atom stereocenters. The number of carbonyl (C=O) groups is 2. The van der Waals surface area contributed by atoms with Crippen LogP contribution >= 0.6 is 0 Å². The highest BCUT2D eigenvalue weighted by atomic mass is 16.5. The minimum absolute atomic E-state index is 0.0472. The lowest BCUT2D eigenvalue weighted by Gasteiger charge is -2.25. The first-order chi connectivity index (χ1) is 14.1. The molecule has 0 saturated heterocycles. The van der Waals surface area contributed by atoms with Crippen molar-refractivity contribution in [2.45, 2.75) is 78.6 Å². The van der Waals surface area contributed by atoms with Crippen LogP contribution in [0.25, 0.3) is 0 Å². The Morgan fingerprint density at radius 3 is 1.58 bits per heavy atom. The maximum atomic E-state index is 12.7. The minimum Gasteiger partial charge on any atom is -0.452 e. The summed E-state index contributed by atoms with van der Waals surface area (Å²) in [6, 6.07) is 13.6. The predicted molar refractivity (Wildman–Crippen MR) is 128 cm³/mol. The van der Waals surface area contributed by atoms with Gasteiger partial charge in [-0.3, -0.25) is 4.79 Å². The van der Waals surface area contributed by atoms with E-state index in [4.69, 9.17) is 4.74 Å². The Labute approximate surface area is 187 Å². The van der Waals surface area contributed by atoms with Crippen LogP contribution in [-0.2, 0) is 25.8 Å². The van der Waals surface area contributed by atoms with E-state index in [9.17, 15) is 9.59 Å². The van der Waals surface area contributed by atoms with Crippen molar-refractivity contribution in [3.8, 4) is 0 Å². The lowest BCUT2D eigenvalue weighted by molar-refractivity contribution is -0.119. The number of hydrogen-bond acceptors (Lipinski definition) is 3. The third-order valence-corrected chi connectivity index (χ3v) is 5.27. The summed E-state index contributed by atoms with van der Waals surface area (Å²) in [7, 11) is 0. The molecule has 0 fully saturated rings. The van der Waals surface area contributed by atoms with E-state index >= 15 is 0 Å². The van der Waals surface area contributed by atoms with Crippen LogP contribution in [-0.4, -0.2) is 18.5 Å². The molecule has 0 aromatic heterocycles. The zero-order valence-corrected chi connectivity index (χ0v) is 20.5. The summed E-state index contributed by atoms with van der Waals surface area (Å²) in [5.74, 6) is -0.852. The van der Waals surface area contributed by atoms with Gasteiger partial charge in [0.25, 0.3) is 5.91 Å². The van der Waals surface area contributed by atoms with Crippen molar-refractivity contribution in [1.29, 1.82) is 0 Å². The normalized spacial score (nSPS) is 12.4. The predicted octanol–water partition coefficient (Wildman–Crippen LogP) is 6.37. The standard InChI is InChI=1S/C27H37NO3/c1-25(2,3)19-10-12-22(13-11-19)28-23(29)17-31-24(30)18-14-20(26(4,5)6)16-21(15-18)27(7,8)9/h10-16H,17H2,1-9H3,(H,28,29). The van der Waals surface area contributed by atoms with Crippen molar-refractivity contribution in [3.63, 3.8) is 0 Å². The summed E-state index contributed by atoms with van der Waals surface area (Å²) in [6.07, 6.45) is 0. The third-order valence-electron chi connectivity index (χ3n) is 5.27. The van der Waals surface area contributed by atoms with Crippen LogP contribution in [0.5, 0.6) is 0 Å². The molecule has 0 bridgehead atoms. The van der Waals surface area contributed by atoms with Gasteiger partial charge >= 0.3 is 5.97 Å². The van der Waals surface area contributed by atoms with E-state index in [-0.39, 0.29) is 28.8 Å². The quantitative estimate of drug-likeness (QED) is 0.581. The largest absolute Gasteiger partial charge is 0.452 e. The van der Waals surface area contributed by atoms with Gasteiger partial charge in [0.2, 0.25) is 0 Å². The number of nitrogens with one attached hydrogen (secondary N) is 1. The van der Waals surface area contributed by atoms with Crippen LogP contribution in [0.1, 0.15) is 89.4 Å². The van der Waals surface area contributed by atoms with E-state index in [0.29, 0.717) is 11.3 Å². The fraction of sp³-hybridized carbons (Fsp3) is 0.481. The number of ether oxygens (including phenoxy) is 1. The molecule has 0 radical (unpaired) electrons. The first-order valence-electron chi connectivity index (χ1n) is 10.8. The van der Waals surface area contributed by atoms with Gasteiger partial charge in [-0.2, -0.15) is 0 Å². The molecule has 4 heteroatoms. The van der Waals surface area contributed by atoms with Crippen LogP contribution in [0.4, 0.5) is 5.69 Å². The van der Waals surface area contributed by atoms with Crippen LogP contribution in [0.3, 0.4) is 0 Å². The number of anilines is 1. The van der Waals surface area contributed by atoms with Crippen molar-refractivity contribution < 1.29 is 14.3 Å². The Hall–Kier alpha value is -2.62. The van der Waals surface area contributed by atoms with Crippen molar-refractivity contribution in [2.75, 3.05) is 11.9 Å². The van der Waals surface area contributed by atoms with Gasteiger partial charge in [0, 0.05) is 5.69 Å². The number of rotatable bonds is 4. The van der Waals surface area contributed by atoms with E-state index in [1.54, 1.807) is 0 Å². The first-order valence-corrected chi connectivity index (χ1v) is 10.8. The first kappa shape index (κ1) is 24.6. The smallest absolute Gasteiger partial charge is 0.338 e. The summed E-state index contributed by atoms with van der Waals surface area (Å²) in [4.78, 5) is 25.0. The second-order valence-electron chi connectivity index (χ2n) is 11.3. The number of esters is 1. The number of amides is 1. The fourth-order valence-electron chi connectivity index (χ4n) is 3.08. The van der Waals surface area contributed by atoms with Crippen molar-refractivity contribution in [1.82, 2.24) is 0 Å². The maximum absolute atomic E-state index is 12.7. The molecule has 0 aliphatic rings. The molecular weight excluding hydrogens is 386 g/mol. The van der Waals surface area contributed by atoms with E-state index in [2.05, 4.69) is 73.7 Å². The van der Waals surface area contributed by atoms with Gasteiger partial charge in [0.15, 0.2) is 6.61 Å². The molecule has 1 N–H and O–H groups in total. The van der Waals surface area contributed by atoms with Crippen LogP contribution in [0.2, 0.25) is 0 Å². The maximum Gasteiger partial charge on any atom is 0.338 e. The second-order valence-corrected chi connectivity index (χ2v) is 11.3. The molecule has 4 nitrogen and oxygen atoms in total. The molecule has 0 aliphatic carbocycles. The van der Waals surface area contributed by atoms with Crippen LogP contribution < -0.4 is 5.32 Å². The second kappa shape index (κ2) is 8.86. The highest BCUT2D eigenvalue weighted by Gasteiger charge is 2.23. The molecule has 1 amide bonds. The summed E-state index contributed by atoms with van der Waals surface area (Å²) < 4.78 is 5.32. The topological polar surface area (TPSA) is 55.4 Å². The molecule has 0 heterocycles. The molecule has 2 aromatic carbocycles. The monoisotopic (exact) mass is 423 g/mol. The molecule has 0 saturated carbocycles. The van der Waals surface area contributed by atoms with Crippen molar-refractivity contribution in [2.24, 2.45) is 0 Å². The summed E-state index contributed by atoms with van der Waals surface area (Å²) in [5, 5.41) is 2.78. The van der Waals surface area contributed by atoms with Gasteiger partial charge in [-0.1, -0.05) is 80.5 Å². The Balaban J connectivity index is 2.09. The van der Waals surface area contributed by atoms with Gasteiger partial charge in [0.05, 0.1) is 5.56 Å². The number of carbonyl (C=O) groups excluding carboxylic acids is 2. The average Bonchev–Trinajstić information content (AvgIpc) is 2.64. The SMILES string of the molecule is CC(C)(C)c1ccc(NC(=O)COC(=O)c2cc(C(C)(C)C)cc(C(C)(C)C)c2)cc1. The highest BCUT2D eigenvalue weighted by Crippen LogP contribution is 2.30. The Bertz CT molecular complexity index is 904. The van der Waals surface area contributed by atoms with Crippen LogP contribution in [0.15, 0.2) is 42.5 Å². The van der Waals surface area contributed by atoms with Gasteiger partial charge in [-0.05, 0) is 57.2 Å². The zero-order valence-electron chi connectivity index (χ0n) is 20.5. The number of hydrogen-bond donors (Lipinski definition) is 1. The fourth-order valence-corrected chi connectivity index (χ4v) is 3.08. The van der Waals surface area contributed by atoms with Gasteiger partial charge in [-0.15, -0.1) is 0 Å². The summed E-state index contributed by atoms with van der Waals surface area (Å²) >= 11 is 0. The van der Waals surface area contributed by atoms with Gasteiger partial charge in [0.1, 0.15) is 0 Å². The summed E-state index contributed by atoms with van der Waals surface area (Å²) in [5.41, 5.74) is 4.31. The highest BCUT2D eigenvalue weighted by molar-refractivity contribution is 5.95. The molecule has 2 aromatic rings. The Morgan fingerprint density at radius 2 is 1.16 bits per heavy atom. The lowest BCUT2D eigenvalue weighted by atomic mass is 9.79. The average molecular weight is 424 g/mol. The molecular formula is C27H37NO3. The zero-order chi connectivity index (χ0) is 23.6. The third kappa shape index (κ3) is 6.95. The Morgan fingerprint density at radius 1 is 0.710 bits per heavy atom. The molecule has 0 spiro atoms. The van der Waals surface area contributed by atoms with Crippen molar-refractivity contribution in [3.05, 3.63) is 64.7 Å². The van der Waals surface area contributed by atoms with Gasteiger partial charge in [-0.25, -0.2) is 4.79 Å². The molecule has 0 aliphatic heterocycles. The van der Waals surface area contributed by atoms with E-state index in [1.807, 2.05) is 36.4 Å². The lowest BCUT2D eigenvalue weighted by Crippen LogP contribution is -2.22. The van der Waals surface area contributed by atoms with Gasteiger partial charge < -0.3 is 10.1 Å². The van der Waals surface area contributed by atoms with E-state index in [1.165, 1.54) is 5.56 Å². The van der Waals surface area contributed by atoms with Crippen LogP contribution in [0, 0.1) is 0 Å². The van der Waals surface area contributed by atoms with E-state index in [0.717, 1.165) is 11.1 Å². The number of benzene rings is 2. The minimum atomic E-state index is -0.491. The summed E-state index contributed by atoms with van der Waals surface area (Å²) in [6.45, 7) is 18.8.